The Morgan fingerprint density at radius 1 is 1.38 bits per heavy atom. The van der Waals surface area contributed by atoms with Crippen LogP contribution in [0.3, 0.4) is 0 Å². The number of hydrogen-bond donors (Lipinski definition) is 3. The third kappa shape index (κ3) is 2.34. The van der Waals surface area contributed by atoms with Gasteiger partial charge in [0, 0.05) is 22.5 Å². The molecule has 0 amide bonds. The average molecular weight is 298 g/mol. The van der Waals surface area contributed by atoms with Gasteiger partial charge in [0.05, 0.1) is 5.56 Å². The summed E-state index contributed by atoms with van der Waals surface area (Å²) >= 11 is 1.15. The molecule has 21 heavy (non-hydrogen) atoms. The SMILES string of the molecule is N=COC(=N)c1csc(C(=O)c2c[nH]c3ccccc23)n1. The van der Waals surface area contributed by atoms with Crippen LogP contribution in [0.5, 0.6) is 0 Å². The predicted molar refractivity (Wildman–Crippen MR) is 80.5 cm³/mol. The monoisotopic (exact) mass is 298 g/mol. The number of para-hydroxylation sites is 1. The quantitative estimate of drug-likeness (QED) is 0.392. The molecule has 0 aliphatic rings. The standard InChI is InChI=1S/C14H10N4O2S/c15-7-20-13(16)11-6-21-14(18-11)12(19)9-5-17-10-4-2-1-3-8(9)10/h1-7,15-17H. The number of ketones is 1. The van der Waals surface area contributed by atoms with Crippen molar-refractivity contribution in [1.29, 1.82) is 10.8 Å². The van der Waals surface area contributed by atoms with E-state index in [-0.39, 0.29) is 22.4 Å². The fourth-order valence-corrected chi connectivity index (χ4v) is 2.73. The Labute approximate surface area is 123 Å². The van der Waals surface area contributed by atoms with Gasteiger partial charge in [-0.1, -0.05) is 18.2 Å². The van der Waals surface area contributed by atoms with E-state index in [9.17, 15) is 4.79 Å². The first kappa shape index (κ1) is 13.2. The Bertz CT molecular complexity index is 849. The lowest BCUT2D eigenvalue weighted by Gasteiger charge is -1.96. The molecule has 104 valence electrons. The van der Waals surface area contributed by atoms with Gasteiger partial charge in [0.25, 0.3) is 0 Å². The van der Waals surface area contributed by atoms with Gasteiger partial charge in [0.1, 0.15) is 5.69 Å². The second-order valence-electron chi connectivity index (χ2n) is 4.18. The van der Waals surface area contributed by atoms with E-state index in [1.807, 2.05) is 24.3 Å². The van der Waals surface area contributed by atoms with E-state index in [4.69, 9.17) is 10.8 Å². The molecular formula is C14H10N4O2S. The van der Waals surface area contributed by atoms with E-state index in [0.29, 0.717) is 12.0 Å². The van der Waals surface area contributed by atoms with Crippen molar-refractivity contribution in [3.05, 3.63) is 52.1 Å². The Kier molecular flexibility index (Phi) is 3.33. The van der Waals surface area contributed by atoms with Gasteiger partial charge in [-0.3, -0.25) is 15.6 Å². The highest BCUT2D eigenvalue weighted by molar-refractivity contribution is 7.12. The molecule has 6 nitrogen and oxygen atoms in total. The van der Waals surface area contributed by atoms with Crippen molar-refractivity contribution in [1.82, 2.24) is 9.97 Å². The number of nitrogens with zero attached hydrogens (tertiary/aromatic N) is 1. The first-order chi connectivity index (χ1) is 10.2. The lowest BCUT2D eigenvalue weighted by atomic mass is 10.1. The van der Waals surface area contributed by atoms with Gasteiger partial charge in [0.2, 0.25) is 11.7 Å². The van der Waals surface area contributed by atoms with Crippen LogP contribution < -0.4 is 0 Å². The smallest absolute Gasteiger partial charge is 0.240 e. The number of aromatic nitrogens is 2. The summed E-state index contributed by atoms with van der Waals surface area (Å²) in [6.45, 7) is 0. The molecule has 0 saturated carbocycles. The highest BCUT2D eigenvalue weighted by Crippen LogP contribution is 2.22. The zero-order valence-electron chi connectivity index (χ0n) is 10.7. The van der Waals surface area contributed by atoms with Crippen LogP contribution in [0.4, 0.5) is 0 Å². The number of fused-ring (bicyclic) bond motifs is 1. The Balaban J connectivity index is 1.95. The molecule has 7 heteroatoms. The van der Waals surface area contributed by atoms with E-state index in [1.54, 1.807) is 11.6 Å². The largest absolute Gasteiger partial charge is 0.426 e. The molecule has 0 atom stereocenters. The fraction of sp³-hybridized carbons (Fsp3) is 0. The molecule has 3 N–H and O–H groups in total. The third-order valence-electron chi connectivity index (χ3n) is 2.94. The number of hydrogen-bond acceptors (Lipinski definition) is 6. The molecule has 0 saturated heterocycles. The minimum absolute atomic E-state index is 0.202. The second kappa shape index (κ2) is 5.29. The predicted octanol–water partition coefficient (Wildman–Crippen LogP) is 2.80. The lowest BCUT2D eigenvalue weighted by Crippen LogP contribution is -2.05. The molecule has 0 spiro atoms. The normalized spacial score (nSPS) is 10.5. The summed E-state index contributed by atoms with van der Waals surface area (Å²) in [5, 5.41) is 17.0. The first-order valence-electron chi connectivity index (χ1n) is 6.01. The molecule has 0 unspecified atom stereocenters. The average Bonchev–Trinajstić information content (AvgIpc) is 3.14. The summed E-state index contributed by atoms with van der Waals surface area (Å²) in [4.78, 5) is 19.6. The number of nitrogens with one attached hydrogen (secondary N) is 3. The molecule has 3 rings (SSSR count). The summed E-state index contributed by atoms with van der Waals surface area (Å²) in [5.74, 6) is -0.453. The van der Waals surface area contributed by atoms with E-state index in [2.05, 4.69) is 14.7 Å². The van der Waals surface area contributed by atoms with Gasteiger partial charge in [-0.25, -0.2) is 4.98 Å². The van der Waals surface area contributed by atoms with Crippen molar-refractivity contribution >= 4 is 40.3 Å². The Morgan fingerprint density at radius 2 is 2.19 bits per heavy atom. The number of ether oxygens (including phenoxy) is 1. The Hall–Kier alpha value is -2.80. The molecule has 0 fully saturated rings. The van der Waals surface area contributed by atoms with Crippen LogP contribution in [-0.4, -0.2) is 28.0 Å². The van der Waals surface area contributed by atoms with Crippen molar-refractivity contribution in [3.8, 4) is 0 Å². The summed E-state index contributed by atoms with van der Waals surface area (Å²) in [6.07, 6.45) is 2.32. The van der Waals surface area contributed by atoms with E-state index < -0.39 is 0 Å². The van der Waals surface area contributed by atoms with E-state index in [1.165, 1.54) is 0 Å². The molecule has 2 aromatic heterocycles. The molecular weight excluding hydrogens is 288 g/mol. The van der Waals surface area contributed by atoms with Gasteiger partial charge in [-0.15, -0.1) is 11.3 Å². The lowest BCUT2D eigenvalue weighted by molar-refractivity contribution is 0.104. The number of benzene rings is 1. The zero-order valence-corrected chi connectivity index (χ0v) is 11.5. The second-order valence-corrected chi connectivity index (χ2v) is 5.04. The van der Waals surface area contributed by atoms with Crippen LogP contribution in [-0.2, 0) is 4.74 Å². The number of carbonyl (C=O) groups is 1. The van der Waals surface area contributed by atoms with Crippen LogP contribution >= 0.6 is 11.3 Å². The van der Waals surface area contributed by atoms with Gasteiger partial charge < -0.3 is 9.72 Å². The summed E-state index contributed by atoms with van der Waals surface area (Å²) in [5.41, 5.74) is 1.68. The number of carbonyl (C=O) groups excluding carboxylic acids is 1. The topological polar surface area (TPSA) is 103 Å². The molecule has 3 aromatic rings. The number of aromatic amines is 1. The van der Waals surface area contributed by atoms with E-state index in [0.717, 1.165) is 22.2 Å². The summed E-state index contributed by atoms with van der Waals surface area (Å²) in [7, 11) is 0. The maximum atomic E-state index is 12.5. The van der Waals surface area contributed by atoms with Crippen molar-refractivity contribution in [2.45, 2.75) is 0 Å². The minimum atomic E-state index is -0.251. The van der Waals surface area contributed by atoms with Crippen molar-refractivity contribution < 1.29 is 9.53 Å². The molecule has 0 bridgehead atoms. The molecule has 1 aromatic carbocycles. The number of H-pyrrole nitrogens is 1. The number of thiazole rings is 1. The highest BCUT2D eigenvalue weighted by atomic mass is 32.1. The number of rotatable bonds is 4. The molecule has 2 heterocycles. The summed E-state index contributed by atoms with van der Waals surface area (Å²) < 4.78 is 4.63. The maximum Gasteiger partial charge on any atom is 0.240 e. The van der Waals surface area contributed by atoms with Gasteiger partial charge >= 0.3 is 0 Å². The highest BCUT2D eigenvalue weighted by Gasteiger charge is 2.18. The van der Waals surface area contributed by atoms with Crippen molar-refractivity contribution in [2.75, 3.05) is 0 Å². The van der Waals surface area contributed by atoms with Crippen molar-refractivity contribution in [2.24, 2.45) is 0 Å². The minimum Gasteiger partial charge on any atom is -0.426 e. The van der Waals surface area contributed by atoms with Crippen LogP contribution in [0.2, 0.25) is 0 Å². The van der Waals surface area contributed by atoms with Crippen LogP contribution in [0, 0.1) is 10.8 Å². The van der Waals surface area contributed by atoms with Crippen molar-refractivity contribution in [3.63, 3.8) is 0 Å². The van der Waals surface area contributed by atoms with Gasteiger partial charge in [0.15, 0.2) is 11.4 Å². The Morgan fingerprint density at radius 3 is 3.00 bits per heavy atom. The summed E-state index contributed by atoms with van der Waals surface area (Å²) in [6, 6.07) is 7.53. The molecule has 0 aliphatic carbocycles. The maximum absolute atomic E-state index is 12.5. The van der Waals surface area contributed by atoms with E-state index >= 15 is 0 Å². The molecule has 0 aliphatic heterocycles. The third-order valence-corrected chi connectivity index (χ3v) is 3.78. The zero-order chi connectivity index (χ0) is 14.8. The van der Waals surface area contributed by atoms with Crippen LogP contribution in [0.15, 0.2) is 35.8 Å². The van der Waals surface area contributed by atoms with Gasteiger partial charge in [-0.05, 0) is 6.07 Å². The fourth-order valence-electron chi connectivity index (χ4n) is 1.98. The van der Waals surface area contributed by atoms with Crippen LogP contribution in [0.25, 0.3) is 10.9 Å². The van der Waals surface area contributed by atoms with Gasteiger partial charge in [-0.2, -0.15) is 0 Å². The first-order valence-corrected chi connectivity index (χ1v) is 6.89. The van der Waals surface area contributed by atoms with Crippen LogP contribution in [0.1, 0.15) is 21.1 Å². The molecule has 0 radical (unpaired) electrons.